The number of methoxy groups -OCH3 is 2. The molecule has 6 nitrogen and oxygen atoms in total. The van der Waals surface area contributed by atoms with Crippen molar-refractivity contribution >= 4 is 23.2 Å². The second kappa shape index (κ2) is 8.75. The number of benzene rings is 3. The van der Waals surface area contributed by atoms with Gasteiger partial charge in [-0.3, -0.25) is 14.5 Å². The van der Waals surface area contributed by atoms with E-state index in [0.717, 1.165) is 16.8 Å². The van der Waals surface area contributed by atoms with E-state index in [2.05, 4.69) is 0 Å². The van der Waals surface area contributed by atoms with E-state index >= 15 is 0 Å². The van der Waals surface area contributed by atoms with Crippen LogP contribution in [0.2, 0.25) is 0 Å². The fourth-order valence-corrected chi connectivity index (χ4v) is 4.10. The fourth-order valence-electron chi connectivity index (χ4n) is 4.10. The lowest BCUT2D eigenvalue weighted by molar-refractivity contribution is -0.128. The van der Waals surface area contributed by atoms with Gasteiger partial charge in [-0.15, -0.1) is 0 Å². The first-order valence-electron chi connectivity index (χ1n) is 10.4. The first-order valence-corrected chi connectivity index (χ1v) is 10.4. The Bertz CT molecular complexity index is 1160. The monoisotopic (exact) mass is 430 g/mol. The smallest absolute Gasteiger partial charge is 0.255 e. The van der Waals surface area contributed by atoms with Crippen molar-refractivity contribution in [2.45, 2.75) is 19.9 Å². The number of anilines is 2. The average molecular weight is 431 g/mol. The molecule has 3 aromatic carbocycles. The van der Waals surface area contributed by atoms with Gasteiger partial charge in [-0.2, -0.15) is 0 Å². The van der Waals surface area contributed by atoms with Gasteiger partial charge in [-0.1, -0.05) is 36.4 Å². The van der Waals surface area contributed by atoms with Crippen LogP contribution in [0.25, 0.3) is 0 Å². The summed E-state index contributed by atoms with van der Waals surface area (Å²) in [5.74, 6) is 0.858. The molecule has 0 saturated carbocycles. The number of nitrogens with zero attached hydrogens (tertiary/aromatic N) is 2. The van der Waals surface area contributed by atoms with E-state index in [0.29, 0.717) is 22.7 Å². The van der Waals surface area contributed by atoms with Crippen LogP contribution in [-0.4, -0.2) is 32.6 Å². The number of amides is 2. The highest BCUT2D eigenvalue weighted by Crippen LogP contribution is 2.39. The number of carbonyl (C=O) groups excluding carboxylic acids is 2. The van der Waals surface area contributed by atoms with Crippen LogP contribution in [0, 0.1) is 13.8 Å². The lowest BCUT2D eigenvalue weighted by Crippen LogP contribution is -2.56. The number of para-hydroxylation sites is 2. The van der Waals surface area contributed by atoms with E-state index in [1.807, 2.05) is 56.3 Å². The molecule has 0 radical (unpaired) electrons. The largest absolute Gasteiger partial charge is 0.497 e. The molecule has 2 amide bonds. The van der Waals surface area contributed by atoms with Crippen molar-refractivity contribution in [1.82, 2.24) is 0 Å². The highest BCUT2D eigenvalue weighted by molar-refractivity contribution is 6.15. The zero-order valence-corrected chi connectivity index (χ0v) is 18.7. The summed E-state index contributed by atoms with van der Waals surface area (Å²) in [5.41, 5.74) is 4.06. The maximum absolute atomic E-state index is 13.9. The zero-order valence-electron chi connectivity index (χ0n) is 18.7. The Labute approximate surface area is 188 Å². The fraction of sp³-hybridized carbons (Fsp3) is 0.231. The van der Waals surface area contributed by atoms with E-state index in [-0.39, 0.29) is 18.4 Å². The molecular formula is C26H26N2O4. The molecule has 1 saturated heterocycles. The molecule has 0 N–H and O–H groups in total. The molecule has 0 spiro atoms. The average Bonchev–Trinajstić information content (AvgIpc) is 2.82. The third-order valence-corrected chi connectivity index (χ3v) is 5.96. The Morgan fingerprint density at radius 1 is 0.812 bits per heavy atom. The van der Waals surface area contributed by atoms with Crippen molar-refractivity contribution in [3.8, 4) is 11.5 Å². The predicted molar refractivity (Wildman–Crippen MR) is 124 cm³/mol. The van der Waals surface area contributed by atoms with Gasteiger partial charge >= 0.3 is 0 Å². The number of ether oxygens (including phenoxy) is 2. The molecule has 4 rings (SSSR count). The molecule has 164 valence electrons. The van der Waals surface area contributed by atoms with Crippen molar-refractivity contribution in [2.24, 2.45) is 0 Å². The first-order chi connectivity index (χ1) is 15.5. The number of rotatable bonds is 5. The van der Waals surface area contributed by atoms with Gasteiger partial charge in [0.05, 0.1) is 19.9 Å². The maximum atomic E-state index is 13.9. The van der Waals surface area contributed by atoms with Crippen molar-refractivity contribution in [3.63, 3.8) is 0 Å². The van der Waals surface area contributed by atoms with Crippen LogP contribution in [-0.2, 0) is 9.59 Å². The quantitative estimate of drug-likeness (QED) is 0.600. The minimum atomic E-state index is -0.835. The van der Waals surface area contributed by atoms with Gasteiger partial charge in [0.15, 0.2) is 0 Å². The Balaban J connectivity index is 1.86. The molecule has 6 heteroatoms. The SMILES string of the molecule is COc1ccc([C@@H]2C(=O)N(c3cccc(C)c3C)CC(=O)N2c2ccccc2OC)cc1. The summed E-state index contributed by atoms with van der Waals surface area (Å²) in [6, 6.07) is 19.4. The number of carbonyl (C=O) groups is 2. The van der Waals surface area contributed by atoms with Crippen LogP contribution in [0.1, 0.15) is 22.7 Å². The van der Waals surface area contributed by atoms with Gasteiger partial charge in [0.2, 0.25) is 5.91 Å². The van der Waals surface area contributed by atoms with Crippen molar-refractivity contribution in [1.29, 1.82) is 0 Å². The van der Waals surface area contributed by atoms with Crippen molar-refractivity contribution in [3.05, 3.63) is 83.4 Å². The number of piperazine rings is 1. The predicted octanol–water partition coefficient (Wildman–Crippen LogP) is 4.44. The molecule has 1 aliphatic heterocycles. The van der Waals surface area contributed by atoms with Gasteiger partial charge in [-0.05, 0) is 60.9 Å². The van der Waals surface area contributed by atoms with E-state index in [9.17, 15) is 9.59 Å². The van der Waals surface area contributed by atoms with Gasteiger partial charge in [0.25, 0.3) is 5.91 Å². The normalized spacial score (nSPS) is 16.3. The molecule has 1 aliphatic rings. The zero-order chi connectivity index (χ0) is 22.8. The Kier molecular flexibility index (Phi) is 5.86. The van der Waals surface area contributed by atoms with Crippen LogP contribution in [0.4, 0.5) is 11.4 Å². The van der Waals surface area contributed by atoms with Gasteiger partial charge in [0.1, 0.15) is 24.1 Å². The molecule has 32 heavy (non-hydrogen) atoms. The topological polar surface area (TPSA) is 59.1 Å². The van der Waals surface area contributed by atoms with Crippen molar-refractivity contribution in [2.75, 3.05) is 30.6 Å². The number of aryl methyl sites for hydroxylation is 1. The van der Waals surface area contributed by atoms with Crippen molar-refractivity contribution < 1.29 is 19.1 Å². The van der Waals surface area contributed by atoms with Gasteiger partial charge < -0.3 is 14.4 Å². The standard InChI is InChI=1S/C26H26N2O4/c1-17-8-7-10-21(18(17)2)27-16-24(29)28(22-9-5-6-11-23(22)32-4)25(26(27)30)19-12-14-20(31-3)15-13-19/h5-15,25H,16H2,1-4H3/t25-/m1/s1. The maximum Gasteiger partial charge on any atom is 0.255 e. The van der Waals surface area contributed by atoms with Gasteiger partial charge in [0, 0.05) is 5.69 Å². The Morgan fingerprint density at radius 2 is 1.50 bits per heavy atom. The van der Waals surface area contributed by atoms with Crippen LogP contribution in [0.15, 0.2) is 66.7 Å². The van der Waals surface area contributed by atoms with E-state index < -0.39 is 6.04 Å². The van der Waals surface area contributed by atoms with E-state index in [1.165, 1.54) is 0 Å². The van der Waals surface area contributed by atoms with Crippen LogP contribution in [0.3, 0.4) is 0 Å². The van der Waals surface area contributed by atoms with Gasteiger partial charge in [-0.25, -0.2) is 0 Å². The molecule has 0 bridgehead atoms. The number of hydrogen-bond donors (Lipinski definition) is 0. The van der Waals surface area contributed by atoms with E-state index in [1.54, 1.807) is 48.3 Å². The molecule has 1 heterocycles. The highest BCUT2D eigenvalue weighted by atomic mass is 16.5. The first kappa shape index (κ1) is 21.4. The second-order valence-electron chi connectivity index (χ2n) is 7.75. The third kappa shape index (κ3) is 3.68. The lowest BCUT2D eigenvalue weighted by atomic mass is 9.98. The minimum absolute atomic E-state index is 0.0478. The molecule has 0 aromatic heterocycles. The summed E-state index contributed by atoms with van der Waals surface area (Å²) in [6.07, 6.45) is 0. The summed E-state index contributed by atoms with van der Waals surface area (Å²) >= 11 is 0. The summed E-state index contributed by atoms with van der Waals surface area (Å²) in [6.45, 7) is 3.92. The Hall–Kier alpha value is -3.80. The highest BCUT2D eigenvalue weighted by Gasteiger charge is 2.43. The van der Waals surface area contributed by atoms with Crippen LogP contribution >= 0.6 is 0 Å². The summed E-state index contributed by atoms with van der Waals surface area (Å²) in [7, 11) is 3.15. The molecule has 0 unspecified atom stereocenters. The Morgan fingerprint density at radius 3 is 2.19 bits per heavy atom. The minimum Gasteiger partial charge on any atom is -0.497 e. The molecular weight excluding hydrogens is 404 g/mol. The molecule has 1 fully saturated rings. The second-order valence-corrected chi connectivity index (χ2v) is 7.75. The molecule has 3 aromatic rings. The van der Waals surface area contributed by atoms with Crippen LogP contribution < -0.4 is 19.3 Å². The molecule has 0 aliphatic carbocycles. The number of hydrogen-bond acceptors (Lipinski definition) is 4. The van der Waals surface area contributed by atoms with E-state index in [4.69, 9.17) is 9.47 Å². The summed E-state index contributed by atoms with van der Waals surface area (Å²) in [5, 5.41) is 0. The van der Waals surface area contributed by atoms with Crippen LogP contribution in [0.5, 0.6) is 11.5 Å². The lowest BCUT2D eigenvalue weighted by Gasteiger charge is -2.41. The molecule has 1 atom stereocenters. The summed E-state index contributed by atoms with van der Waals surface area (Å²) in [4.78, 5) is 30.6. The third-order valence-electron chi connectivity index (χ3n) is 5.96. The summed E-state index contributed by atoms with van der Waals surface area (Å²) < 4.78 is 10.8.